The Balaban J connectivity index is 2.10. The lowest BCUT2D eigenvalue weighted by Crippen LogP contribution is -2.24. The van der Waals surface area contributed by atoms with Gasteiger partial charge in [-0.1, -0.05) is 25.4 Å². The molecule has 1 amide bonds. The van der Waals surface area contributed by atoms with Gasteiger partial charge in [-0.25, -0.2) is 9.97 Å². The molecule has 1 N–H and O–H groups in total. The molecule has 2 aromatic heterocycles. The molecule has 2 heterocycles. The predicted molar refractivity (Wildman–Crippen MR) is 75.7 cm³/mol. The number of hydrogen-bond acceptors (Lipinski definition) is 4. The zero-order valence-electron chi connectivity index (χ0n) is 11.6. The average Bonchev–Trinajstić information content (AvgIpc) is 2.82. The molecule has 0 atom stereocenters. The maximum Gasteiger partial charge on any atom is 0.271 e. The molecule has 0 aromatic carbocycles. The monoisotopic (exact) mass is 293 g/mol. The molecule has 0 aliphatic heterocycles. The molecule has 2 aromatic rings. The summed E-state index contributed by atoms with van der Waals surface area (Å²) in [5.41, 5.74) is 0.189. The second-order valence-corrected chi connectivity index (χ2v) is 5.18. The van der Waals surface area contributed by atoms with E-state index in [0.717, 1.165) is 5.76 Å². The molecular formula is C14H16ClN3O2. The minimum absolute atomic E-state index is 0.131. The molecule has 20 heavy (non-hydrogen) atoms. The molecule has 106 valence electrons. The minimum atomic E-state index is -0.339. The number of amides is 1. The molecule has 0 saturated heterocycles. The number of aryl methyl sites for hydroxylation is 1. The lowest BCUT2D eigenvalue weighted by Gasteiger charge is -2.08. The summed E-state index contributed by atoms with van der Waals surface area (Å²) < 4.78 is 5.38. The lowest BCUT2D eigenvalue weighted by atomic mass is 10.2. The molecule has 0 radical (unpaired) electrons. The van der Waals surface area contributed by atoms with Crippen LogP contribution >= 0.6 is 11.6 Å². The number of rotatable bonds is 4. The summed E-state index contributed by atoms with van der Waals surface area (Å²) in [6.45, 7) is 6.05. The maximum absolute atomic E-state index is 12.1. The Morgan fingerprint density at radius 2 is 2.20 bits per heavy atom. The van der Waals surface area contributed by atoms with Crippen LogP contribution in [0.1, 0.15) is 47.6 Å². The predicted octanol–water partition coefficient (Wildman–Crippen LogP) is 3.08. The summed E-state index contributed by atoms with van der Waals surface area (Å²) in [4.78, 5) is 20.4. The molecule has 0 unspecified atom stereocenters. The fraction of sp³-hybridized carbons (Fsp3) is 0.357. The van der Waals surface area contributed by atoms with Crippen molar-refractivity contribution in [1.82, 2.24) is 15.3 Å². The fourth-order valence-corrected chi connectivity index (χ4v) is 1.83. The van der Waals surface area contributed by atoms with E-state index in [1.54, 1.807) is 0 Å². The van der Waals surface area contributed by atoms with Crippen LogP contribution in [0.3, 0.4) is 0 Å². The Kier molecular flexibility index (Phi) is 4.39. The smallest absolute Gasteiger partial charge is 0.271 e. The van der Waals surface area contributed by atoms with Crippen molar-refractivity contribution in [3.8, 4) is 0 Å². The number of furan rings is 1. The van der Waals surface area contributed by atoms with E-state index in [1.165, 1.54) is 6.20 Å². The molecule has 0 aliphatic rings. The average molecular weight is 294 g/mol. The number of carbonyl (C=O) groups is 1. The summed E-state index contributed by atoms with van der Waals surface area (Å²) in [6, 6.07) is 3.66. The lowest BCUT2D eigenvalue weighted by molar-refractivity contribution is 0.0942. The van der Waals surface area contributed by atoms with Gasteiger partial charge in [0.2, 0.25) is 0 Å². The zero-order valence-corrected chi connectivity index (χ0v) is 12.4. The SMILES string of the molecule is Cc1ccc(CNC(=O)c2nc(C(C)C)ncc2Cl)o1. The molecule has 6 heteroatoms. The molecular weight excluding hydrogens is 278 g/mol. The van der Waals surface area contributed by atoms with E-state index in [0.29, 0.717) is 18.1 Å². The highest BCUT2D eigenvalue weighted by atomic mass is 35.5. The van der Waals surface area contributed by atoms with Gasteiger partial charge >= 0.3 is 0 Å². The number of carbonyl (C=O) groups excluding carboxylic acids is 1. The van der Waals surface area contributed by atoms with Crippen molar-refractivity contribution < 1.29 is 9.21 Å². The highest BCUT2D eigenvalue weighted by Crippen LogP contribution is 2.16. The molecule has 0 bridgehead atoms. The summed E-state index contributed by atoms with van der Waals surface area (Å²) in [5, 5.41) is 2.97. The van der Waals surface area contributed by atoms with Gasteiger partial charge in [0.25, 0.3) is 5.91 Å². The van der Waals surface area contributed by atoms with Crippen molar-refractivity contribution in [3.05, 3.63) is 46.4 Å². The third-order valence-electron chi connectivity index (χ3n) is 2.71. The van der Waals surface area contributed by atoms with Crippen molar-refractivity contribution in [3.63, 3.8) is 0 Å². The van der Waals surface area contributed by atoms with E-state index in [9.17, 15) is 4.79 Å². The summed E-state index contributed by atoms with van der Waals surface area (Å²) >= 11 is 5.97. The highest BCUT2D eigenvalue weighted by molar-refractivity contribution is 6.33. The van der Waals surface area contributed by atoms with Crippen molar-refractivity contribution in [1.29, 1.82) is 0 Å². The van der Waals surface area contributed by atoms with Crippen LogP contribution in [0.2, 0.25) is 5.02 Å². The Morgan fingerprint density at radius 1 is 1.45 bits per heavy atom. The van der Waals surface area contributed by atoms with Crippen LogP contribution in [0.25, 0.3) is 0 Å². The number of aromatic nitrogens is 2. The standard InChI is InChI=1S/C14H16ClN3O2/c1-8(2)13-16-7-11(15)12(18-13)14(19)17-6-10-5-4-9(3)20-10/h4-5,7-8H,6H2,1-3H3,(H,17,19). The Labute approximate surface area is 122 Å². The zero-order chi connectivity index (χ0) is 14.7. The van der Waals surface area contributed by atoms with Gasteiger partial charge in [-0.05, 0) is 19.1 Å². The second kappa shape index (κ2) is 6.05. The first-order valence-corrected chi connectivity index (χ1v) is 6.71. The van der Waals surface area contributed by atoms with Gasteiger partial charge in [0.05, 0.1) is 17.8 Å². The van der Waals surface area contributed by atoms with Crippen LogP contribution in [0.5, 0.6) is 0 Å². The number of nitrogens with zero attached hydrogens (tertiary/aromatic N) is 2. The molecule has 0 fully saturated rings. The van der Waals surface area contributed by atoms with Gasteiger partial charge in [-0.2, -0.15) is 0 Å². The van der Waals surface area contributed by atoms with Crippen molar-refractivity contribution in [2.45, 2.75) is 33.2 Å². The molecule has 0 saturated carbocycles. The minimum Gasteiger partial charge on any atom is -0.465 e. The van der Waals surface area contributed by atoms with Crippen molar-refractivity contribution >= 4 is 17.5 Å². The van der Waals surface area contributed by atoms with E-state index in [2.05, 4.69) is 15.3 Å². The van der Waals surface area contributed by atoms with Crippen LogP contribution in [-0.4, -0.2) is 15.9 Å². The fourth-order valence-electron chi connectivity index (χ4n) is 1.65. The van der Waals surface area contributed by atoms with E-state index < -0.39 is 0 Å². The van der Waals surface area contributed by atoms with Gasteiger partial charge in [-0.3, -0.25) is 4.79 Å². The van der Waals surface area contributed by atoms with Crippen LogP contribution in [0.15, 0.2) is 22.7 Å². The maximum atomic E-state index is 12.1. The Hall–Kier alpha value is -1.88. The summed E-state index contributed by atoms with van der Waals surface area (Å²) in [5.74, 6) is 1.87. The normalized spacial score (nSPS) is 10.8. The van der Waals surface area contributed by atoms with E-state index in [4.69, 9.17) is 16.0 Å². The van der Waals surface area contributed by atoms with Gasteiger partial charge in [0, 0.05) is 5.92 Å². The van der Waals surface area contributed by atoms with Crippen LogP contribution in [0.4, 0.5) is 0 Å². The van der Waals surface area contributed by atoms with E-state index in [1.807, 2.05) is 32.9 Å². The first-order valence-electron chi connectivity index (χ1n) is 6.33. The second-order valence-electron chi connectivity index (χ2n) is 4.77. The number of hydrogen-bond donors (Lipinski definition) is 1. The van der Waals surface area contributed by atoms with E-state index in [-0.39, 0.29) is 22.5 Å². The van der Waals surface area contributed by atoms with E-state index >= 15 is 0 Å². The Morgan fingerprint density at radius 3 is 2.80 bits per heavy atom. The third kappa shape index (κ3) is 3.36. The van der Waals surface area contributed by atoms with Gasteiger partial charge < -0.3 is 9.73 Å². The number of halogens is 1. The van der Waals surface area contributed by atoms with Crippen molar-refractivity contribution in [2.75, 3.05) is 0 Å². The first kappa shape index (κ1) is 14.5. The third-order valence-corrected chi connectivity index (χ3v) is 2.99. The highest BCUT2D eigenvalue weighted by Gasteiger charge is 2.15. The number of nitrogens with one attached hydrogen (secondary N) is 1. The van der Waals surface area contributed by atoms with Gasteiger partial charge in [0.15, 0.2) is 0 Å². The summed E-state index contributed by atoms with van der Waals surface area (Å²) in [6.07, 6.45) is 1.45. The van der Waals surface area contributed by atoms with Crippen LogP contribution in [0, 0.1) is 6.92 Å². The first-order chi connectivity index (χ1) is 9.47. The summed E-state index contributed by atoms with van der Waals surface area (Å²) in [7, 11) is 0. The van der Waals surface area contributed by atoms with Crippen LogP contribution in [-0.2, 0) is 6.54 Å². The molecule has 5 nitrogen and oxygen atoms in total. The van der Waals surface area contributed by atoms with Gasteiger partial charge in [0.1, 0.15) is 23.0 Å². The molecule has 0 aliphatic carbocycles. The largest absolute Gasteiger partial charge is 0.465 e. The topological polar surface area (TPSA) is 68.0 Å². The quantitative estimate of drug-likeness (QED) is 0.940. The van der Waals surface area contributed by atoms with Gasteiger partial charge in [-0.15, -0.1) is 0 Å². The molecule has 2 rings (SSSR count). The van der Waals surface area contributed by atoms with Crippen LogP contribution < -0.4 is 5.32 Å². The van der Waals surface area contributed by atoms with Crippen molar-refractivity contribution in [2.24, 2.45) is 0 Å². The molecule has 0 spiro atoms. The Bertz CT molecular complexity index is 623.